The monoisotopic (exact) mass is 434 g/mol. The minimum absolute atomic E-state index is 0.0213. The molecule has 1 aliphatic heterocycles. The molecule has 3 heterocycles. The summed E-state index contributed by atoms with van der Waals surface area (Å²) in [5.74, 6) is 1.39. The van der Waals surface area contributed by atoms with Crippen LogP contribution < -0.4 is 10.3 Å². The average molecular weight is 435 g/mol. The molecule has 1 aromatic carbocycles. The lowest BCUT2D eigenvalue weighted by Gasteiger charge is -2.21. The first-order valence-corrected chi connectivity index (χ1v) is 10.9. The highest BCUT2D eigenvalue weighted by molar-refractivity contribution is 7.98. The van der Waals surface area contributed by atoms with E-state index in [4.69, 9.17) is 26.1 Å². The summed E-state index contributed by atoms with van der Waals surface area (Å²) in [4.78, 5) is 19.8. The van der Waals surface area contributed by atoms with Crippen molar-refractivity contribution < 1.29 is 9.47 Å². The van der Waals surface area contributed by atoms with Crippen molar-refractivity contribution in [1.29, 1.82) is 0 Å². The molecule has 0 unspecified atom stereocenters. The van der Waals surface area contributed by atoms with E-state index in [1.807, 2.05) is 26.0 Å². The van der Waals surface area contributed by atoms with E-state index >= 15 is 0 Å². The number of hydrogen-bond donors (Lipinski definition) is 0. The van der Waals surface area contributed by atoms with Gasteiger partial charge in [-0.25, -0.2) is 4.98 Å². The predicted molar refractivity (Wildman–Crippen MR) is 115 cm³/mol. The third-order valence-corrected chi connectivity index (χ3v) is 7.02. The number of benzene rings is 1. The Hall–Kier alpha value is -1.80. The summed E-state index contributed by atoms with van der Waals surface area (Å²) >= 11 is 9.32. The summed E-state index contributed by atoms with van der Waals surface area (Å²) in [6.07, 6.45) is 1.72. The molecule has 0 radical (unpaired) electrons. The number of halogens is 1. The zero-order valence-corrected chi connectivity index (χ0v) is 18.0. The summed E-state index contributed by atoms with van der Waals surface area (Å²) in [5.41, 5.74) is 2.88. The number of ether oxygens (including phenoxy) is 2. The largest absolute Gasteiger partial charge is 0.467 e. The molecule has 2 aromatic heterocycles. The van der Waals surface area contributed by atoms with Crippen molar-refractivity contribution >= 4 is 44.9 Å². The molecule has 5 nitrogen and oxygen atoms in total. The zero-order valence-electron chi connectivity index (χ0n) is 15.6. The van der Waals surface area contributed by atoms with Gasteiger partial charge in [0.25, 0.3) is 5.56 Å². The first kappa shape index (κ1) is 19.5. The number of aromatic nitrogens is 2. The van der Waals surface area contributed by atoms with E-state index in [9.17, 15) is 4.79 Å². The molecule has 0 aliphatic carbocycles. The van der Waals surface area contributed by atoms with E-state index in [-0.39, 0.29) is 12.4 Å². The first-order valence-electron chi connectivity index (χ1n) is 8.75. The van der Waals surface area contributed by atoms with E-state index in [0.717, 1.165) is 32.1 Å². The maximum atomic E-state index is 13.1. The Balaban J connectivity index is 1.74. The van der Waals surface area contributed by atoms with Gasteiger partial charge in [-0.1, -0.05) is 29.4 Å². The Morgan fingerprint density at radius 2 is 2.25 bits per heavy atom. The number of hydrogen-bond acceptors (Lipinski definition) is 6. The minimum atomic E-state index is -0.0213. The molecule has 0 saturated carbocycles. The summed E-state index contributed by atoms with van der Waals surface area (Å²) in [6.45, 7) is 8.90. The second-order valence-corrected chi connectivity index (χ2v) is 9.10. The fraction of sp³-hybridized carbons (Fsp3) is 0.300. The molecule has 0 amide bonds. The van der Waals surface area contributed by atoms with Crippen LogP contribution in [-0.2, 0) is 23.6 Å². The maximum Gasteiger partial charge on any atom is 0.263 e. The van der Waals surface area contributed by atoms with Crippen molar-refractivity contribution in [3.8, 4) is 5.75 Å². The van der Waals surface area contributed by atoms with Gasteiger partial charge in [-0.3, -0.25) is 9.36 Å². The lowest BCUT2D eigenvalue weighted by molar-refractivity contribution is -0.0168. The molecule has 146 valence electrons. The summed E-state index contributed by atoms with van der Waals surface area (Å²) in [5, 5.41) is 2.01. The lowest BCUT2D eigenvalue weighted by Crippen LogP contribution is -2.22. The normalized spacial score (nSPS) is 13.4. The Kier molecular flexibility index (Phi) is 5.51. The second kappa shape index (κ2) is 7.91. The van der Waals surface area contributed by atoms with E-state index < -0.39 is 0 Å². The SMILES string of the molecule is C=CCn1c(SCc2cc(Cl)cc3c2OCOC3)nc2sc(C)c(C)c2c1=O. The molecule has 0 fully saturated rings. The van der Waals surface area contributed by atoms with Gasteiger partial charge in [0.1, 0.15) is 10.6 Å². The van der Waals surface area contributed by atoms with E-state index in [2.05, 4.69) is 6.58 Å². The summed E-state index contributed by atoms with van der Waals surface area (Å²) in [6, 6.07) is 3.76. The molecule has 0 atom stereocenters. The number of rotatable bonds is 5. The van der Waals surface area contributed by atoms with Crippen LogP contribution in [-0.4, -0.2) is 16.3 Å². The van der Waals surface area contributed by atoms with Crippen molar-refractivity contribution in [2.24, 2.45) is 0 Å². The van der Waals surface area contributed by atoms with Gasteiger partial charge in [-0.2, -0.15) is 0 Å². The van der Waals surface area contributed by atoms with Gasteiger partial charge in [0, 0.05) is 33.3 Å². The van der Waals surface area contributed by atoms with E-state index in [1.165, 1.54) is 11.8 Å². The Labute approximate surface area is 175 Å². The smallest absolute Gasteiger partial charge is 0.263 e. The highest BCUT2D eigenvalue weighted by Gasteiger charge is 2.19. The standard InChI is InChI=1S/C20H19ClN2O3S2/c1-4-5-23-19(24)16-11(2)12(3)28-18(16)22-20(23)27-9-14-7-15(21)6-13-8-25-10-26-17(13)14/h4,6-7H,1,5,8-10H2,2-3H3. The quantitative estimate of drug-likeness (QED) is 0.318. The van der Waals surface area contributed by atoms with Crippen molar-refractivity contribution in [2.45, 2.75) is 37.9 Å². The van der Waals surface area contributed by atoms with Gasteiger partial charge in [-0.15, -0.1) is 17.9 Å². The third-order valence-electron chi connectivity index (χ3n) is 4.67. The molecular weight excluding hydrogens is 416 g/mol. The molecule has 0 spiro atoms. The van der Waals surface area contributed by atoms with Crippen LogP contribution in [0.4, 0.5) is 0 Å². The molecule has 0 N–H and O–H groups in total. The van der Waals surface area contributed by atoms with Crippen LogP contribution in [0.5, 0.6) is 5.75 Å². The van der Waals surface area contributed by atoms with Crippen molar-refractivity contribution in [3.05, 3.63) is 61.7 Å². The highest BCUT2D eigenvalue weighted by atomic mass is 35.5. The number of thioether (sulfide) groups is 1. The van der Waals surface area contributed by atoms with Crippen LogP contribution in [0.1, 0.15) is 21.6 Å². The van der Waals surface area contributed by atoms with Gasteiger partial charge in [0.15, 0.2) is 11.9 Å². The fourth-order valence-corrected chi connectivity index (χ4v) is 5.52. The van der Waals surface area contributed by atoms with Crippen molar-refractivity contribution in [3.63, 3.8) is 0 Å². The second-order valence-electron chi connectivity index (χ2n) is 6.51. The number of fused-ring (bicyclic) bond motifs is 2. The molecule has 1 aliphatic rings. The van der Waals surface area contributed by atoms with Crippen LogP contribution in [0.25, 0.3) is 10.2 Å². The molecule has 0 bridgehead atoms. The first-order chi connectivity index (χ1) is 13.5. The number of thiophene rings is 1. The Morgan fingerprint density at radius 1 is 1.43 bits per heavy atom. The van der Waals surface area contributed by atoms with Crippen LogP contribution >= 0.6 is 34.7 Å². The van der Waals surface area contributed by atoms with Crippen molar-refractivity contribution in [2.75, 3.05) is 6.79 Å². The molecule has 0 saturated heterocycles. The molecule has 8 heteroatoms. The molecule has 4 rings (SSSR count). The van der Waals surface area contributed by atoms with Crippen LogP contribution in [0.15, 0.2) is 34.7 Å². The van der Waals surface area contributed by atoms with Gasteiger partial charge in [0.05, 0.1) is 12.0 Å². The van der Waals surface area contributed by atoms with Gasteiger partial charge >= 0.3 is 0 Å². The van der Waals surface area contributed by atoms with Crippen LogP contribution in [0, 0.1) is 13.8 Å². The number of allylic oxidation sites excluding steroid dienone is 1. The molecule has 28 heavy (non-hydrogen) atoms. The zero-order chi connectivity index (χ0) is 19.8. The van der Waals surface area contributed by atoms with E-state index in [1.54, 1.807) is 22.0 Å². The summed E-state index contributed by atoms with van der Waals surface area (Å²) < 4.78 is 12.7. The van der Waals surface area contributed by atoms with Gasteiger partial charge in [0.2, 0.25) is 0 Å². The van der Waals surface area contributed by atoms with Gasteiger partial charge < -0.3 is 9.47 Å². The highest BCUT2D eigenvalue weighted by Crippen LogP contribution is 2.36. The lowest BCUT2D eigenvalue weighted by atomic mass is 10.1. The van der Waals surface area contributed by atoms with Crippen molar-refractivity contribution in [1.82, 2.24) is 9.55 Å². The number of nitrogens with zero attached hydrogens (tertiary/aromatic N) is 2. The van der Waals surface area contributed by atoms with Crippen LogP contribution in [0.2, 0.25) is 5.02 Å². The van der Waals surface area contributed by atoms with Gasteiger partial charge in [-0.05, 0) is 31.5 Å². The molecular formula is C20H19ClN2O3S2. The van der Waals surface area contributed by atoms with Crippen LogP contribution in [0.3, 0.4) is 0 Å². The fourth-order valence-electron chi connectivity index (χ4n) is 3.22. The maximum absolute atomic E-state index is 13.1. The van der Waals surface area contributed by atoms with E-state index in [0.29, 0.717) is 34.5 Å². The Bertz CT molecular complexity index is 1140. The third kappa shape index (κ3) is 3.48. The summed E-state index contributed by atoms with van der Waals surface area (Å²) in [7, 11) is 0. The Morgan fingerprint density at radius 3 is 3.04 bits per heavy atom. The molecule has 3 aromatic rings. The topological polar surface area (TPSA) is 53.4 Å². The average Bonchev–Trinajstić information content (AvgIpc) is 2.96. The number of aryl methyl sites for hydroxylation is 2. The minimum Gasteiger partial charge on any atom is -0.467 e. The predicted octanol–water partition coefficient (Wildman–Crippen LogP) is 5.07.